The summed E-state index contributed by atoms with van der Waals surface area (Å²) >= 11 is 0. The number of hydrogen-bond acceptors (Lipinski definition) is 4. The summed E-state index contributed by atoms with van der Waals surface area (Å²) in [7, 11) is 4.01. The molecular formula is C16H25IN6O. The molecule has 0 radical (unpaired) electrons. The zero-order chi connectivity index (χ0) is 16.4. The summed E-state index contributed by atoms with van der Waals surface area (Å²) in [6.07, 6.45) is 4.15. The molecule has 0 bridgehead atoms. The molecule has 2 aromatic rings. The second-order valence-electron chi connectivity index (χ2n) is 6.14. The molecule has 3 rings (SSSR count). The minimum Gasteiger partial charge on any atom is -0.469 e. The van der Waals surface area contributed by atoms with E-state index in [0.717, 1.165) is 29.9 Å². The van der Waals surface area contributed by atoms with E-state index in [1.807, 2.05) is 38.6 Å². The predicted octanol–water partition coefficient (Wildman–Crippen LogP) is 2.38. The third kappa shape index (κ3) is 4.49. The van der Waals surface area contributed by atoms with Crippen molar-refractivity contribution in [2.24, 2.45) is 12.0 Å². The van der Waals surface area contributed by atoms with Crippen molar-refractivity contribution < 1.29 is 4.42 Å². The van der Waals surface area contributed by atoms with Gasteiger partial charge in [0, 0.05) is 32.2 Å². The van der Waals surface area contributed by atoms with E-state index in [2.05, 4.69) is 20.4 Å². The molecule has 0 atom stereocenters. The van der Waals surface area contributed by atoms with Crippen molar-refractivity contribution in [2.75, 3.05) is 7.05 Å². The molecule has 1 N–H and O–H groups in total. The van der Waals surface area contributed by atoms with Gasteiger partial charge in [0.25, 0.3) is 0 Å². The van der Waals surface area contributed by atoms with Crippen LogP contribution in [0.2, 0.25) is 0 Å². The summed E-state index contributed by atoms with van der Waals surface area (Å²) in [5.41, 5.74) is 1.17. The molecule has 1 fully saturated rings. The van der Waals surface area contributed by atoms with E-state index < -0.39 is 0 Å². The molecule has 0 amide bonds. The molecule has 1 saturated carbocycles. The third-order valence-electron chi connectivity index (χ3n) is 4.20. The number of halogens is 1. The molecule has 24 heavy (non-hydrogen) atoms. The van der Waals surface area contributed by atoms with Crippen LogP contribution in [0.3, 0.4) is 0 Å². The van der Waals surface area contributed by atoms with Crippen LogP contribution in [0.15, 0.2) is 21.7 Å². The van der Waals surface area contributed by atoms with Gasteiger partial charge in [0.2, 0.25) is 0 Å². The molecule has 2 aromatic heterocycles. The number of furan rings is 1. The zero-order valence-corrected chi connectivity index (χ0v) is 16.9. The van der Waals surface area contributed by atoms with Gasteiger partial charge in [0.1, 0.15) is 18.1 Å². The van der Waals surface area contributed by atoms with Gasteiger partial charge in [0.05, 0.1) is 6.26 Å². The fraction of sp³-hybridized carbons (Fsp3) is 0.562. The smallest absolute Gasteiger partial charge is 0.194 e. The van der Waals surface area contributed by atoms with E-state index in [1.165, 1.54) is 18.4 Å². The maximum atomic E-state index is 5.38. The van der Waals surface area contributed by atoms with Gasteiger partial charge in [-0.25, -0.2) is 4.99 Å². The summed E-state index contributed by atoms with van der Waals surface area (Å²) in [4.78, 5) is 6.86. The van der Waals surface area contributed by atoms with Gasteiger partial charge in [0.15, 0.2) is 11.8 Å². The molecular weight excluding hydrogens is 419 g/mol. The number of aromatic nitrogens is 3. The minimum atomic E-state index is 0. The van der Waals surface area contributed by atoms with Crippen molar-refractivity contribution in [2.45, 2.75) is 45.8 Å². The number of aliphatic imine (C=N–C) groups is 1. The number of rotatable bonds is 5. The molecule has 0 aromatic carbocycles. The lowest BCUT2D eigenvalue weighted by Gasteiger charge is -2.22. The normalized spacial score (nSPS) is 14.4. The van der Waals surface area contributed by atoms with Crippen molar-refractivity contribution in [1.29, 1.82) is 0 Å². The van der Waals surface area contributed by atoms with Crippen molar-refractivity contribution in [3.63, 3.8) is 0 Å². The van der Waals surface area contributed by atoms with Crippen LogP contribution >= 0.6 is 24.0 Å². The van der Waals surface area contributed by atoms with Crippen molar-refractivity contribution in [1.82, 2.24) is 25.0 Å². The number of aryl methyl sites for hydroxylation is 2. The summed E-state index contributed by atoms with van der Waals surface area (Å²) in [5, 5.41) is 11.8. The SMILES string of the molecule is Cc1occc1CN(C)C(=NCc1nnc(C)n1C)NC1CC1.I. The predicted molar refractivity (Wildman–Crippen MR) is 103 cm³/mol. The lowest BCUT2D eigenvalue weighted by atomic mass is 10.2. The molecule has 1 aliphatic carbocycles. The van der Waals surface area contributed by atoms with Crippen LogP contribution in [-0.2, 0) is 20.1 Å². The molecule has 0 saturated heterocycles. The summed E-state index contributed by atoms with van der Waals surface area (Å²) in [6.45, 7) is 5.20. The molecule has 7 nitrogen and oxygen atoms in total. The van der Waals surface area contributed by atoms with Gasteiger partial charge in [-0.3, -0.25) is 0 Å². The highest BCUT2D eigenvalue weighted by molar-refractivity contribution is 14.0. The Labute approximate surface area is 159 Å². The van der Waals surface area contributed by atoms with Crippen LogP contribution in [0.1, 0.15) is 35.8 Å². The lowest BCUT2D eigenvalue weighted by molar-refractivity contribution is 0.461. The van der Waals surface area contributed by atoms with E-state index in [1.54, 1.807) is 6.26 Å². The van der Waals surface area contributed by atoms with Gasteiger partial charge in [-0.1, -0.05) is 0 Å². The Morgan fingerprint density at radius 1 is 1.42 bits per heavy atom. The fourth-order valence-corrected chi connectivity index (χ4v) is 2.33. The Morgan fingerprint density at radius 2 is 2.17 bits per heavy atom. The Hall–Kier alpha value is -1.58. The molecule has 8 heteroatoms. The third-order valence-corrected chi connectivity index (χ3v) is 4.20. The largest absolute Gasteiger partial charge is 0.469 e. The second kappa shape index (κ2) is 8.00. The average molecular weight is 444 g/mol. The van der Waals surface area contributed by atoms with Crippen molar-refractivity contribution in [3.05, 3.63) is 35.3 Å². The van der Waals surface area contributed by atoms with Crippen LogP contribution in [0.25, 0.3) is 0 Å². The summed E-state index contributed by atoms with van der Waals surface area (Å²) in [6, 6.07) is 2.55. The number of nitrogens with one attached hydrogen (secondary N) is 1. The average Bonchev–Trinajstić information content (AvgIpc) is 3.19. The first kappa shape index (κ1) is 18.8. The van der Waals surface area contributed by atoms with Gasteiger partial charge < -0.3 is 19.2 Å². The first-order valence-electron chi connectivity index (χ1n) is 7.94. The van der Waals surface area contributed by atoms with Crippen LogP contribution in [0, 0.1) is 13.8 Å². The first-order chi connectivity index (χ1) is 11.0. The first-order valence-corrected chi connectivity index (χ1v) is 7.94. The van der Waals surface area contributed by atoms with Crippen molar-refractivity contribution in [3.8, 4) is 0 Å². The summed E-state index contributed by atoms with van der Waals surface area (Å²) < 4.78 is 7.35. The van der Waals surface area contributed by atoms with Crippen LogP contribution in [-0.4, -0.2) is 38.7 Å². The van der Waals surface area contributed by atoms with Gasteiger partial charge in [-0.2, -0.15) is 0 Å². The van der Waals surface area contributed by atoms with E-state index in [9.17, 15) is 0 Å². The molecule has 0 spiro atoms. The van der Waals surface area contributed by atoms with E-state index in [-0.39, 0.29) is 24.0 Å². The maximum absolute atomic E-state index is 5.38. The van der Waals surface area contributed by atoms with Crippen molar-refractivity contribution >= 4 is 29.9 Å². The molecule has 2 heterocycles. The van der Waals surface area contributed by atoms with Crippen LogP contribution in [0.5, 0.6) is 0 Å². The van der Waals surface area contributed by atoms with E-state index in [4.69, 9.17) is 9.41 Å². The maximum Gasteiger partial charge on any atom is 0.194 e. The highest BCUT2D eigenvalue weighted by Gasteiger charge is 2.24. The van der Waals surface area contributed by atoms with Gasteiger partial charge in [-0.05, 0) is 32.8 Å². The molecule has 0 aliphatic heterocycles. The van der Waals surface area contributed by atoms with E-state index >= 15 is 0 Å². The highest BCUT2D eigenvalue weighted by atomic mass is 127. The fourth-order valence-electron chi connectivity index (χ4n) is 2.33. The van der Waals surface area contributed by atoms with E-state index in [0.29, 0.717) is 12.6 Å². The van der Waals surface area contributed by atoms with Crippen LogP contribution in [0.4, 0.5) is 0 Å². The highest BCUT2D eigenvalue weighted by Crippen LogP contribution is 2.19. The monoisotopic (exact) mass is 444 g/mol. The molecule has 132 valence electrons. The Kier molecular flexibility index (Phi) is 6.25. The quantitative estimate of drug-likeness (QED) is 0.436. The number of nitrogens with zero attached hydrogens (tertiary/aromatic N) is 5. The van der Waals surface area contributed by atoms with Gasteiger partial charge >= 0.3 is 0 Å². The number of hydrogen-bond donors (Lipinski definition) is 1. The summed E-state index contributed by atoms with van der Waals surface area (Å²) in [5.74, 6) is 3.61. The van der Waals surface area contributed by atoms with Crippen LogP contribution < -0.4 is 5.32 Å². The zero-order valence-electron chi connectivity index (χ0n) is 14.6. The number of guanidine groups is 1. The standard InChI is InChI=1S/C16H24N6O.HI/c1-11-13(7-8-23-11)10-21(3)16(18-14-5-6-14)17-9-15-20-19-12(2)22(15)4;/h7-8,14H,5-6,9-10H2,1-4H3,(H,17,18);1H. The second-order valence-corrected chi connectivity index (χ2v) is 6.14. The lowest BCUT2D eigenvalue weighted by Crippen LogP contribution is -2.39. The van der Waals surface area contributed by atoms with Gasteiger partial charge in [-0.15, -0.1) is 34.2 Å². The Morgan fingerprint density at radius 3 is 2.71 bits per heavy atom. The Balaban J connectivity index is 0.00000208. The molecule has 1 aliphatic rings. The molecule has 0 unspecified atom stereocenters. The Bertz CT molecular complexity index is 703. The topological polar surface area (TPSA) is 71.5 Å². The minimum absolute atomic E-state index is 0.